The molecule has 0 nitrogen and oxygen atoms in total. The van der Waals surface area contributed by atoms with Gasteiger partial charge < -0.3 is 0 Å². The second-order valence-corrected chi connectivity index (χ2v) is 5.65. The molecule has 107 valence electrons. The first kappa shape index (κ1) is 15.6. The van der Waals surface area contributed by atoms with Crippen LogP contribution in [-0.4, -0.2) is 7.28 Å². The van der Waals surface area contributed by atoms with Gasteiger partial charge in [0.1, 0.15) is 7.28 Å². The molecule has 1 aliphatic rings. The zero-order valence-corrected chi connectivity index (χ0v) is 13.0. The van der Waals surface area contributed by atoms with E-state index in [4.69, 9.17) is 0 Å². The summed E-state index contributed by atoms with van der Waals surface area (Å²) >= 11 is 0. The average Bonchev–Trinajstić information content (AvgIpc) is 2.51. The largest absolute Gasteiger partial charge is 0.149 e. The van der Waals surface area contributed by atoms with E-state index < -0.39 is 0 Å². The molecule has 1 heteroatoms. The van der Waals surface area contributed by atoms with Gasteiger partial charge >= 0.3 is 0 Å². The second kappa shape index (κ2) is 8.51. The monoisotopic (exact) mass is 275 g/mol. The van der Waals surface area contributed by atoms with Gasteiger partial charge in [0.25, 0.3) is 0 Å². The number of rotatable bonds is 6. The highest BCUT2D eigenvalue weighted by atomic mass is 14.2. The van der Waals surface area contributed by atoms with Crippen LogP contribution in [0, 0.1) is 5.92 Å². The second-order valence-electron chi connectivity index (χ2n) is 5.65. The standard InChI is InChI=1S/C20H24B/c1-17-10-9-12-18(16-17)11-5-3-4-6-13-19-14-7-8-15-20(19)21-2/h3-4,6-10,13-15,18H,1,5,11-12,16H2,2H3/b4-3-,13-6+. The van der Waals surface area contributed by atoms with E-state index in [-0.39, 0.29) is 0 Å². The van der Waals surface area contributed by atoms with Crippen molar-refractivity contribution in [2.45, 2.75) is 32.5 Å². The van der Waals surface area contributed by atoms with Gasteiger partial charge in [-0.05, 0) is 37.2 Å². The molecule has 0 heterocycles. The van der Waals surface area contributed by atoms with Crippen LogP contribution in [0.3, 0.4) is 0 Å². The van der Waals surface area contributed by atoms with Gasteiger partial charge in [0.2, 0.25) is 0 Å². The molecular weight excluding hydrogens is 251 g/mol. The van der Waals surface area contributed by atoms with Crippen molar-refractivity contribution in [2.75, 3.05) is 0 Å². The Morgan fingerprint density at radius 3 is 2.95 bits per heavy atom. The Balaban J connectivity index is 1.76. The van der Waals surface area contributed by atoms with Crippen LogP contribution >= 0.6 is 0 Å². The van der Waals surface area contributed by atoms with Crippen molar-refractivity contribution in [3.8, 4) is 0 Å². The van der Waals surface area contributed by atoms with Gasteiger partial charge in [-0.15, -0.1) is 0 Å². The molecule has 0 aliphatic heterocycles. The molecule has 0 spiro atoms. The van der Waals surface area contributed by atoms with Crippen LogP contribution in [0.1, 0.15) is 31.2 Å². The zero-order valence-electron chi connectivity index (χ0n) is 13.0. The maximum Gasteiger partial charge on any atom is 0.149 e. The Hall–Kier alpha value is -1.76. The Bertz CT molecular complexity index is 549. The predicted octanol–water partition coefficient (Wildman–Crippen LogP) is 4.94. The lowest BCUT2D eigenvalue weighted by Crippen LogP contribution is -2.13. The summed E-state index contributed by atoms with van der Waals surface area (Å²) in [6.07, 6.45) is 18.0. The SMILES string of the molecule is C=C1C=CCC(CC/C=C\C=C\c2ccccc2[B]C)C1. The normalized spacial score (nSPS) is 18.7. The molecule has 0 amide bonds. The molecule has 1 aromatic carbocycles. The third-order valence-corrected chi connectivity index (χ3v) is 3.95. The molecule has 0 N–H and O–H groups in total. The Labute approximate surface area is 130 Å². The molecule has 1 atom stereocenters. The molecule has 0 bridgehead atoms. The number of allylic oxidation sites excluding steroid dienone is 6. The van der Waals surface area contributed by atoms with Crippen molar-refractivity contribution in [1.82, 2.24) is 0 Å². The summed E-state index contributed by atoms with van der Waals surface area (Å²) in [6.45, 7) is 6.13. The van der Waals surface area contributed by atoms with Crippen LogP contribution in [0.5, 0.6) is 0 Å². The van der Waals surface area contributed by atoms with Crippen molar-refractivity contribution in [3.63, 3.8) is 0 Å². The van der Waals surface area contributed by atoms with Gasteiger partial charge in [0.05, 0.1) is 0 Å². The van der Waals surface area contributed by atoms with Crippen molar-refractivity contribution >= 4 is 18.8 Å². The molecule has 2 rings (SSSR count). The van der Waals surface area contributed by atoms with Gasteiger partial charge in [0.15, 0.2) is 0 Å². The summed E-state index contributed by atoms with van der Waals surface area (Å²) in [4.78, 5) is 0. The highest BCUT2D eigenvalue weighted by molar-refractivity contribution is 6.53. The van der Waals surface area contributed by atoms with Gasteiger partial charge in [-0.25, -0.2) is 0 Å². The average molecular weight is 275 g/mol. The maximum atomic E-state index is 4.05. The predicted molar refractivity (Wildman–Crippen MR) is 96.1 cm³/mol. The van der Waals surface area contributed by atoms with Gasteiger partial charge in [0, 0.05) is 0 Å². The molecule has 0 fully saturated rings. The van der Waals surface area contributed by atoms with Crippen molar-refractivity contribution < 1.29 is 0 Å². The van der Waals surface area contributed by atoms with Crippen molar-refractivity contribution in [3.05, 3.63) is 72.4 Å². The molecule has 0 saturated heterocycles. The van der Waals surface area contributed by atoms with E-state index in [1.807, 2.05) is 0 Å². The van der Waals surface area contributed by atoms with Crippen molar-refractivity contribution in [2.24, 2.45) is 5.92 Å². The molecular formula is C20H24B. The van der Waals surface area contributed by atoms with Crippen LogP contribution in [-0.2, 0) is 0 Å². The van der Waals surface area contributed by atoms with E-state index in [0.29, 0.717) is 0 Å². The van der Waals surface area contributed by atoms with Crippen LogP contribution in [0.2, 0.25) is 6.82 Å². The summed E-state index contributed by atoms with van der Waals surface area (Å²) in [5, 5.41) is 0. The molecule has 21 heavy (non-hydrogen) atoms. The number of hydrogen-bond acceptors (Lipinski definition) is 0. The molecule has 1 unspecified atom stereocenters. The summed E-state index contributed by atoms with van der Waals surface area (Å²) in [6, 6.07) is 8.46. The summed E-state index contributed by atoms with van der Waals surface area (Å²) in [7, 11) is 2.15. The Kier molecular flexibility index (Phi) is 6.34. The fourth-order valence-corrected chi connectivity index (χ4v) is 2.76. The first-order valence-corrected chi connectivity index (χ1v) is 7.85. The summed E-state index contributed by atoms with van der Waals surface area (Å²) in [5.74, 6) is 0.784. The van der Waals surface area contributed by atoms with E-state index in [2.05, 4.69) is 81.4 Å². The summed E-state index contributed by atoms with van der Waals surface area (Å²) in [5.41, 5.74) is 3.84. The van der Waals surface area contributed by atoms with Gasteiger partial charge in [-0.2, -0.15) is 0 Å². The number of hydrogen-bond donors (Lipinski definition) is 0. The van der Waals surface area contributed by atoms with E-state index in [9.17, 15) is 0 Å². The lowest BCUT2D eigenvalue weighted by atomic mass is 9.71. The molecule has 1 aliphatic carbocycles. The maximum absolute atomic E-state index is 4.05. The van der Waals surface area contributed by atoms with Crippen molar-refractivity contribution in [1.29, 1.82) is 0 Å². The lowest BCUT2D eigenvalue weighted by molar-refractivity contribution is 0.486. The first-order valence-electron chi connectivity index (χ1n) is 7.85. The third-order valence-electron chi connectivity index (χ3n) is 3.95. The Morgan fingerprint density at radius 2 is 2.14 bits per heavy atom. The molecule has 0 aromatic heterocycles. The highest BCUT2D eigenvalue weighted by Crippen LogP contribution is 2.25. The minimum Gasteiger partial charge on any atom is -0.0958 e. The minimum absolute atomic E-state index is 0.784. The van der Waals surface area contributed by atoms with Gasteiger partial charge in [-0.3, -0.25) is 0 Å². The molecule has 1 radical (unpaired) electrons. The quantitative estimate of drug-likeness (QED) is 0.509. The van der Waals surface area contributed by atoms with Crippen LogP contribution in [0.25, 0.3) is 6.08 Å². The fourth-order valence-electron chi connectivity index (χ4n) is 2.76. The first-order chi connectivity index (χ1) is 10.3. The van der Waals surface area contributed by atoms with E-state index in [1.165, 1.54) is 35.9 Å². The topological polar surface area (TPSA) is 0 Å². The zero-order chi connectivity index (χ0) is 14.9. The van der Waals surface area contributed by atoms with E-state index in [1.54, 1.807) is 0 Å². The molecule has 1 aromatic rings. The van der Waals surface area contributed by atoms with Crippen LogP contribution in [0.4, 0.5) is 0 Å². The van der Waals surface area contributed by atoms with E-state index >= 15 is 0 Å². The minimum atomic E-state index is 0.784. The Morgan fingerprint density at radius 1 is 1.29 bits per heavy atom. The fraction of sp³-hybridized carbons (Fsp3) is 0.300. The van der Waals surface area contributed by atoms with E-state index in [0.717, 1.165) is 12.3 Å². The highest BCUT2D eigenvalue weighted by Gasteiger charge is 2.10. The lowest BCUT2D eigenvalue weighted by Gasteiger charge is -2.18. The number of benzene rings is 1. The summed E-state index contributed by atoms with van der Waals surface area (Å²) < 4.78 is 0. The van der Waals surface area contributed by atoms with Crippen LogP contribution < -0.4 is 5.46 Å². The van der Waals surface area contributed by atoms with Gasteiger partial charge in [-0.1, -0.05) is 85.2 Å². The third kappa shape index (κ3) is 5.26. The smallest absolute Gasteiger partial charge is 0.0958 e. The molecule has 0 saturated carbocycles. The van der Waals surface area contributed by atoms with Crippen LogP contribution in [0.15, 0.2) is 66.8 Å².